The molecule has 1 nitrogen and oxygen atoms in total. The van der Waals surface area contributed by atoms with Crippen LogP contribution in [-0.2, 0) is 6.54 Å². The van der Waals surface area contributed by atoms with Crippen LogP contribution in [0.3, 0.4) is 0 Å². The first kappa shape index (κ1) is 11.8. The average molecular weight is 270 g/mol. The highest BCUT2D eigenvalue weighted by Crippen LogP contribution is 2.28. The van der Waals surface area contributed by atoms with Gasteiger partial charge in [-0.2, -0.15) is 11.3 Å². The van der Waals surface area contributed by atoms with Crippen molar-refractivity contribution >= 4 is 40.4 Å². The lowest BCUT2D eigenvalue weighted by Crippen LogP contribution is -1.97. The molecule has 0 saturated heterocycles. The van der Waals surface area contributed by atoms with Gasteiger partial charge in [0.1, 0.15) is 0 Å². The number of hydrogen-bond acceptors (Lipinski definition) is 3. The molecule has 0 aliphatic carbocycles. The molecule has 0 unspecified atom stereocenters. The molecule has 1 aromatic heterocycles. The number of anilines is 1. The van der Waals surface area contributed by atoms with Gasteiger partial charge in [-0.05, 0) is 46.8 Å². The van der Waals surface area contributed by atoms with E-state index in [2.05, 4.69) is 28.2 Å². The molecule has 0 aliphatic rings. The summed E-state index contributed by atoms with van der Waals surface area (Å²) in [6.07, 6.45) is 2.03. The zero-order valence-corrected chi connectivity index (χ0v) is 11.3. The van der Waals surface area contributed by atoms with Gasteiger partial charge in [0.25, 0.3) is 0 Å². The van der Waals surface area contributed by atoms with Gasteiger partial charge in [0.2, 0.25) is 0 Å². The van der Waals surface area contributed by atoms with Crippen molar-refractivity contribution in [1.29, 1.82) is 0 Å². The molecular weight excluding hydrogens is 258 g/mol. The Kier molecular flexibility index (Phi) is 4.16. The third-order valence-corrected chi connectivity index (χ3v) is 4.18. The van der Waals surface area contributed by atoms with Crippen molar-refractivity contribution in [2.24, 2.45) is 0 Å². The van der Waals surface area contributed by atoms with Gasteiger partial charge in [-0.1, -0.05) is 11.6 Å². The number of rotatable bonds is 4. The molecule has 0 fully saturated rings. The van der Waals surface area contributed by atoms with Gasteiger partial charge in [-0.3, -0.25) is 0 Å². The number of thiophene rings is 1. The topological polar surface area (TPSA) is 12.0 Å². The van der Waals surface area contributed by atoms with Crippen molar-refractivity contribution in [2.75, 3.05) is 11.6 Å². The summed E-state index contributed by atoms with van der Waals surface area (Å²) in [6, 6.07) is 8.20. The minimum atomic E-state index is 0.808. The van der Waals surface area contributed by atoms with Gasteiger partial charge in [0.15, 0.2) is 0 Å². The van der Waals surface area contributed by atoms with Crippen LogP contribution in [0.15, 0.2) is 39.9 Å². The molecule has 0 radical (unpaired) electrons. The maximum absolute atomic E-state index is 6.13. The van der Waals surface area contributed by atoms with Gasteiger partial charge in [-0.15, -0.1) is 11.8 Å². The Balaban J connectivity index is 2.02. The largest absolute Gasteiger partial charge is 0.381 e. The molecule has 0 atom stereocenters. The molecule has 2 rings (SSSR count). The summed E-state index contributed by atoms with van der Waals surface area (Å²) in [6.45, 7) is 0.846. The van der Waals surface area contributed by atoms with Gasteiger partial charge in [0, 0.05) is 17.1 Å². The first-order valence-electron chi connectivity index (χ1n) is 4.88. The van der Waals surface area contributed by atoms with Crippen molar-refractivity contribution in [3.8, 4) is 0 Å². The van der Waals surface area contributed by atoms with Crippen LogP contribution in [0.2, 0.25) is 5.02 Å². The zero-order chi connectivity index (χ0) is 11.4. The molecule has 0 saturated carbocycles. The van der Waals surface area contributed by atoms with Crippen molar-refractivity contribution in [3.05, 3.63) is 45.6 Å². The van der Waals surface area contributed by atoms with Crippen molar-refractivity contribution < 1.29 is 0 Å². The lowest BCUT2D eigenvalue weighted by molar-refractivity contribution is 1.16. The number of halogens is 1. The van der Waals surface area contributed by atoms with Crippen LogP contribution in [0.1, 0.15) is 5.56 Å². The Hall–Kier alpha value is -0.640. The standard InChI is InChI=1S/C12H12ClNS2/c1-15-12-3-2-10(6-11(12)13)14-7-9-4-5-16-8-9/h2-6,8,14H,7H2,1H3. The molecular formula is C12H12ClNS2. The van der Waals surface area contributed by atoms with E-state index in [9.17, 15) is 0 Å². The van der Waals surface area contributed by atoms with E-state index >= 15 is 0 Å². The fraction of sp³-hybridized carbons (Fsp3) is 0.167. The Bertz CT molecular complexity index is 454. The Morgan fingerprint density at radius 3 is 2.88 bits per heavy atom. The van der Waals surface area contributed by atoms with Crippen molar-refractivity contribution in [3.63, 3.8) is 0 Å². The van der Waals surface area contributed by atoms with Crippen LogP contribution < -0.4 is 5.32 Å². The third-order valence-electron chi connectivity index (χ3n) is 2.23. The number of hydrogen-bond donors (Lipinski definition) is 1. The van der Waals surface area contributed by atoms with E-state index in [1.165, 1.54) is 5.56 Å². The van der Waals surface area contributed by atoms with Crippen LogP contribution in [0.25, 0.3) is 0 Å². The number of nitrogens with one attached hydrogen (secondary N) is 1. The van der Waals surface area contributed by atoms with E-state index in [4.69, 9.17) is 11.6 Å². The summed E-state index contributed by atoms with van der Waals surface area (Å²) in [5.74, 6) is 0. The molecule has 4 heteroatoms. The highest BCUT2D eigenvalue weighted by molar-refractivity contribution is 7.98. The highest BCUT2D eigenvalue weighted by atomic mass is 35.5. The summed E-state index contributed by atoms with van der Waals surface area (Å²) in [5, 5.41) is 8.39. The van der Waals surface area contributed by atoms with E-state index in [1.807, 2.05) is 18.4 Å². The average Bonchev–Trinajstić information content (AvgIpc) is 2.79. The third kappa shape index (κ3) is 2.94. The van der Waals surface area contributed by atoms with Crippen LogP contribution >= 0.6 is 34.7 Å². The quantitative estimate of drug-likeness (QED) is 0.805. The van der Waals surface area contributed by atoms with Crippen LogP contribution in [0.4, 0.5) is 5.69 Å². The number of benzene rings is 1. The van der Waals surface area contributed by atoms with E-state index in [0.717, 1.165) is 22.2 Å². The molecule has 0 bridgehead atoms. The predicted molar refractivity (Wildman–Crippen MR) is 74.9 cm³/mol. The Morgan fingerprint density at radius 1 is 1.38 bits per heavy atom. The monoisotopic (exact) mass is 269 g/mol. The normalized spacial score (nSPS) is 10.4. The minimum absolute atomic E-state index is 0.808. The molecule has 1 N–H and O–H groups in total. The van der Waals surface area contributed by atoms with Crippen LogP contribution in [0, 0.1) is 0 Å². The van der Waals surface area contributed by atoms with Crippen molar-refractivity contribution in [2.45, 2.75) is 11.4 Å². The smallest absolute Gasteiger partial charge is 0.0562 e. The SMILES string of the molecule is CSc1ccc(NCc2ccsc2)cc1Cl. The molecule has 0 aliphatic heterocycles. The van der Waals surface area contributed by atoms with E-state index in [-0.39, 0.29) is 0 Å². The van der Waals surface area contributed by atoms with Gasteiger partial charge >= 0.3 is 0 Å². The molecule has 1 heterocycles. The van der Waals surface area contributed by atoms with Gasteiger partial charge < -0.3 is 5.32 Å². The first-order chi connectivity index (χ1) is 7.79. The molecule has 16 heavy (non-hydrogen) atoms. The maximum Gasteiger partial charge on any atom is 0.0562 e. The molecule has 0 spiro atoms. The van der Waals surface area contributed by atoms with E-state index < -0.39 is 0 Å². The second kappa shape index (κ2) is 5.62. The van der Waals surface area contributed by atoms with Gasteiger partial charge in [0.05, 0.1) is 5.02 Å². The zero-order valence-electron chi connectivity index (χ0n) is 8.87. The summed E-state index contributed by atoms with van der Waals surface area (Å²) in [5.41, 5.74) is 2.36. The fourth-order valence-electron chi connectivity index (χ4n) is 1.37. The number of thioether (sulfide) groups is 1. The summed E-state index contributed by atoms with van der Waals surface area (Å²) in [7, 11) is 0. The van der Waals surface area contributed by atoms with Crippen LogP contribution in [0.5, 0.6) is 0 Å². The summed E-state index contributed by atoms with van der Waals surface area (Å²) < 4.78 is 0. The fourth-order valence-corrected chi connectivity index (χ4v) is 2.91. The molecule has 84 valence electrons. The Labute approximate surface area is 109 Å². The molecule has 1 aromatic carbocycles. The van der Waals surface area contributed by atoms with Crippen LogP contribution in [-0.4, -0.2) is 6.26 Å². The summed E-state index contributed by atoms with van der Waals surface area (Å²) >= 11 is 9.51. The lowest BCUT2D eigenvalue weighted by atomic mass is 10.3. The summed E-state index contributed by atoms with van der Waals surface area (Å²) in [4.78, 5) is 1.11. The molecule has 0 amide bonds. The first-order valence-corrected chi connectivity index (χ1v) is 7.42. The van der Waals surface area contributed by atoms with E-state index in [1.54, 1.807) is 23.1 Å². The molecule has 2 aromatic rings. The second-order valence-corrected chi connectivity index (χ2v) is 5.37. The second-order valence-electron chi connectivity index (χ2n) is 3.33. The van der Waals surface area contributed by atoms with Gasteiger partial charge in [-0.25, -0.2) is 0 Å². The van der Waals surface area contributed by atoms with E-state index in [0.29, 0.717) is 0 Å². The van der Waals surface area contributed by atoms with Crippen molar-refractivity contribution in [1.82, 2.24) is 0 Å². The highest BCUT2D eigenvalue weighted by Gasteiger charge is 2.00. The maximum atomic E-state index is 6.13. The minimum Gasteiger partial charge on any atom is -0.381 e. The Morgan fingerprint density at radius 2 is 2.25 bits per heavy atom. The predicted octanol–water partition coefficient (Wildman–Crippen LogP) is 4.74. The lowest BCUT2D eigenvalue weighted by Gasteiger charge is -2.07.